The third-order valence-electron chi connectivity index (χ3n) is 5.82. The van der Waals surface area contributed by atoms with Crippen LogP contribution in [0.5, 0.6) is 11.5 Å². The number of amides is 1. The quantitative estimate of drug-likeness (QED) is 0.241. The monoisotopic (exact) mass is 437 g/mol. The van der Waals surface area contributed by atoms with Crippen molar-refractivity contribution in [2.45, 2.75) is 6.04 Å². The first kappa shape index (κ1) is 20.3. The Morgan fingerprint density at radius 3 is 2.27 bits per heavy atom. The zero-order valence-electron chi connectivity index (χ0n) is 17.3. The summed E-state index contributed by atoms with van der Waals surface area (Å²) < 4.78 is 0. The van der Waals surface area contributed by atoms with Gasteiger partial charge in [0.25, 0.3) is 11.7 Å². The number of ketones is 1. The molecule has 0 saturated carbocycles. The molecule has 0 aromatic heterocycles. The lowest BCUT2D eigenvalue weighted by Gasteiger charge is -2.26. The Morgan fingerprint density at radius 2 is 1.48 bits per heavy atom. The molecule has 1 heterocycles. The highest BCUT2D eigenvalue weighted by atomic mass is 16.3. The molecule has 1 atom stereocenters. The predicted octanol–water partition coefficient (Wildman–Crippen LogP) is 4.88. The highest BCUT2D eigenvalue weighted by molar-refractivity contribution is 6.52. The number of nitrogens with zero attached hydrogens (tertiary/aromatic N) is 1. The smallest absolute Gasteiger partial charge is 0.300 e. The van der Waals surface area contributed by atoms with Gasteiger partial charge in [-0.1, -0.05) is 66.7 Å². The van der Waals surface area contributed by atoms with Crippen molar-refractivity contribution in [1.82, 2.24) is 0 Å². The number of aliphatic hydroxyl groups excluding tert-OH is 1. The number of aliphatic hydroxyl groups is 1. The van der Waals surface area contributed by atoms with E-state index in [4.69, 9.17) is 0 Å². The number of hydrogen-bond acceptors (Lipinski definition) is 5. The Morgan fingerprint density at radius 1 is 0.788 bits per heavy atom. The minimum atomic E-state index is -1.05. The van der Waals surface area contributed by atoms with Crippen LogP contribution < -0.4 is 4.90 Å². The number of carbonyl (C=O) groups is 2. The van der Waals surface area contributed by atoms with Gasteiger partial charge in [0, 0.05) is 5.56 Å². The van der Waals surface area contributed by atoms with E-state index in [9.17, 15) is 24.9 Å². The van der Waals surface area contributed by atoms with Crippen molar-refractivity contribution >= 4 is 33.9 Å². The van der Waals surface area contributed by atoms with E-state index in [1.54, 1.807) is 36.4 Å². The van der Waals surface area contributed by atoms with Crippen LogP contribution in [0, 0.1) is 0 Å². The molecule has 0 radical (unpaired) electrons. The van der Waals surface area contributed by atoms with Gasteiger partial charge >= 0.3 is 0 Å². The molecule has 1 saturated heterocycles. The number of Topliss-reactive ketones (excluding diaryl/α,β-unsaturated/α-hetero) is 1. The van der Waals surface area contributed by atoms with Crippen LogP contribution in [0.1, 0.15) is 17.2 Å². The van der Waals surface area contributed by atoms with Crippen molar-refractivity contribution in [3.8, 4) is 11.5 Å². The molecule has 0 aliphatic carbocycles. The average Bonchev–Trinajstić information content (AvgIpc) is 3.09. The van der Waals surface area contributed by atoms with E-state index in [0.29, 0.717) is 11.1 Å². The molecule has 6 heteroatoms. The van der Waals surface area contributed by atoms with Crippen LogP contribution >= 0.6 is 0 Å². The second kappa shape index (κ2) is 7.84. The van der Waals surface area contributed by atoms with Crippen LogP contribution in [-0.2, 0) is 9.59 Å². The Kier molecular flexibility index (Phi) is 4.83. The molecule has 6 nitrogen and oxygen atoms in total. The van der Waals surface area contributed by atoms with Crippen LogP contribution in [0.3, 0.4) is 0 Å². The van der Waals surface area contributed by atoms with Gasteiger partial charge in [0.1, 0.15) is 17.3 Å². The third kappa shape index (κ3) is 3.29. The molecule has 1 aliphatic heterocycles. The van der Waals surface area contributed by atoms with Crippen LogP contribution in [0.15, 0.2) is 96.6 Å². The van der Waals surface area contributed by atoms with Crippen molar-refractivity contribution in [2.75, 3.05) is 4.90 Å². The number of anilines is 1. The van der Waals surface area contributed by atoms with Gasteiger partial charge in [0.05, 0.1) is 17.3 Å². The standard InChI is InChI=1S/C27H19NO5/c29-18-10-5-9-17(15-18)24-23(25(31)20-12-6-8-16-7-1-2-11-19(16)20)26(32)27(33)28(24)21-13-3-4-14-22(21)30/h1-15,24,29-31H/b25-23-. The van der Waals surface area contributed by atoms with Crippen LogP contribution in [0.4, 0.5) is 5.69 Å². The van der Waals surface area contributed by atoms with Gasteiger partial charge in [0.15, 0.2) is 0 Å². The molecule has 0 bridgehead atoms. The van der Waals surface area contributed by atoms with Crippen molar-refractivity contribution in [1.29, 1.82) is 0 Å². The molecule has 33 heavy (non-hydrogen) atoms. The molecular formula is C27H19NO5. The Hall–Kier alpha value is -4.58. The van der Waals surface area contributed by atoms with Crippen molar-refractivity contribution in [3.05, 3.63) is 108 Å². The molecule has 1 fully saturated rings. The van der Waals surface area contributed by atoms with E-state index in [2.05, 4.69) is 0 Å². The first-order valence-corrected chi connectivity index (χ1v) is 10.3. The minimum absolute atomic E-state index is 0.0551. The topological polar surface area (TPSA) is 98.1 Å². The van der Waals surface area contributed by atoms with Gasteiger partial charge < -0.3 is 15.3 Å². The van der Waals surface area contributed by atoms with Gasteiger partial charge in [-0.25, -0.2) is 0 Å². The van der Waals surface area contributed by atoms with E-state index in [1.807, 2.05) is 30.3 Å². The summed E-state index contributed by atoms with van der Waals surface area (Å²) in [6, 6.07) is 24.0. The summed E-state index contributed by atoms with van der Waals surface area (Å²) in [5.41, 5.74) is 0.836. The Balaban J connectivity index is 1.80. The molecule has 4 aromatic rings. The largest absolute Gasteiger partial charge is 0.508 e. The van der Waals surface area contributed by atoms with Crippen molar-refractivity contribution in [2.24, 2.45) is 0 Å². The molecule has 5 rings (SSSR count). The molecule has 1 unspecified atom stereocenters. The highest BCUT2D eigenvalue weighted by Crippen LogP contribution is 2.45. The average molecular weight is 437 g/mol. The highest BCUT2D eigenvalue weighted by Gasteiger charge is 2.47. The summed E-state index contributed by atoms with van der Waals surface area (Å²) in [5.74, 6) is -2.32. The van der Waals surface area contributed by atoms with Crippen LogP contribution in [0.25, 0.3) is 16.5 Å². The summed E-state index contributed by atoms with van der Waals surface area (Å²) in [5, 5.41) is 33.5. The minimum Gasteiger partial charge on any atom is -0.508 e. The number of para-hydroxylation sites is 2. The lowest BCUT2D eigenvalue weighted by atomic mass is 9.93. The number of phenolic OH excluding ortho intramolecular Hbond substituents is 2. The van der Waals surface area contributed by atoms with E-state index < -0.39 is 17.7 Å². The fourth-order valence-corrected chi connectivity index (χ4v) is 4.34. The molecule has 3 N–H and O–H groups in total. The zero-order valence-corrected chi connectivity index (χ0v) is 17.3. The number of fused-ring (bicyclic) bond motifs is 1. The SMILES string of the molecule is O=C1C(=O)N(c2ccccc2O)C(c2cccc(O)c2)/C1=C(/O)c1cccc2ccccc12. The lowest BCUT2D eigenvalue weighted by molar-refractivity contribution is -0.132. The van der Waals surface area contributed by atoms with E-state index in [1.165, 1.54) is 24.3 Å². The third-order valence-corrected chi connectivity index (χ3v) is 5.82. The van der Waals surface area contributed by atoms with Crippen LogP contribution in [-0.4, -0.2) is 27.0 Å². The fourth-order valence-electron chi connectivity index (χ4n) is 4.34. The molecular weight excluding hydrogens is 418 g/mol. The maximum absolute atomic E-state index is 13.3. The first-order valence-electron chi connectivity index (χ1n) is 10.3. The van der Waals surface area contributed by atoms with Crippen molar-refractivity contribution < 1.29 is 24.9 Å². The van der Waals surface area contributed by atoms with Gasteiger partial charge in [-0.3, -0.25) is 14.5 Å². The Labute approximate surface area is 189 Å². The molecule has 162 valence electrons. The number of hydrogen-bond donors (Lipinski definition) is 3. The maximum atomic E-state index is 13.3. The summed E-state index contributed by atoms with van der Waals surface area (Å²) in [7, 11) is 0. The number of rotatable bonds is 3. The van der Waals surface area contributed by atoms with Crippen molar-refractivity contribution in [3.63, 3.8) is 0 Å². The Bertz CT molecular complexity index is 1450. The number of benzene rings is 4. The maximum Gasteiger partial charge on any atom is 0.300 e. The zero-order chi connectivity index (χ0) is 23.1. The van der Waals surface area contributed by atoms with Gasteiger partial charge in [-0.15, -0.1) is 0 Å². The van der Waals surface area contributed by atoms with E-state index in [0.717, 1.165) is 15.7 Å². The normalized spacial score (nSPS) is 17.6. The summed E-state index contributed by atoms with van der Waals surface area (Å²) in [6.45, 7) is 0. The predicted molar refractivity (Wildman–Crippen MR) is 125 cm³/mol. The van der Waals surface area contributed by atoms with Crippen LogP contribution in [0.2, 0.25) is 0 Å². The summed E-state index contributed by atoms with van der Waals surface area (Å²) >= 11 is 0. The fraction of sp³-hybridized carbons (Fsp3) is 0.0370. The molecule has 0 spiro atoms. The number of aromatic hydroxyl groups is 2. The molecule has 4 aromatic carbocycles. The first-order chi connectivity index (χ1) is 16.0. The van der Waals surface area contributed by atoms with E-state index >= 15 is 0 Å². The second-order valence-corrected chi connectivity index (χ2v) is 7.78. The lowest BCUT2D eigenvalue weighted by Crippen LogP contribution is -2.29. The van der Waals surface area contributed by atoms with Gasteiger partial charge in [-0.2, -0.15) is 0 Å². The van der Waals surface area contributed by atoms with Gasteiger partial charge in [-0.05, 0) is 40.6 Å². The summed E-state index contributed by atoms with van der Waals surface area (Å²) in [4.78, 5) is 27.6. The van der Waals surface area contributed by atoms with Gasteiger partial charge in [0.2, 0.25) is 0 Å². The molecule has 1 aliphatic rings. The molecule has 1 amide bonds. The number of carbonyl (C=O) groups excluding carboxylic acids is 2. The number of phenols is 2. The second-order valence-electron chi connectivity index (χ2n) is 7.78. The van der Waals surface area contributed by atoms with E-state index in [-0.39, 0.29) is 28.5 Å². The summed E-state index contributed by atoms with van der Waals surface area (Å²) in [6.07, 6.45) is 0.